The summed E-state index contributed by atoms with van der Waals surface area (Å²) in [5, 5.41) is 3.17. The smallest absolute Gasteiger partial charge is 0.220 e. The number of carbonyl (C=O) groups excluding carboxylic acids is 2. The number of hydrogen-bond acceptors (Lipinski definition) is 4. The highest BCUT2D eigenvalue weighted by molar-refractivity contribution is 5.79. The topological polar surface area (TPSA) is 84.7 Å². The maximum Gasteiger partial charge on any atom is 0.220 e. The van der Waals surface area contributed by atoms with E-state index < -0.39 is 0 Å². The Morgan fingerprint density at radius 2 is 1.64 bits per heavy atom. The largest absolute Gasteiger partial charge is 0.489 e. The third kappa shape index (κ3) is 8.89. The van der Waals surface area contributed by atoms with Crippen molar-refractivity contribution < 1.29 is 14.3 Å². The molecular weight excluding hydrogens is 450 g/mol. The molecule has 3 N–H and O–H groups in total. The van der Waals surface area contributed by atoms with Gasteiger partial charge >= 0.3 is 0 Å². The summed E-state index contributed by atoms with van der Waals surface area (Å²) in [5.74, 6) is 0.925. The molecule has 0 bridgehead atoms. The van der Waals surface area contributed by atoms with Crippen molar-refractivity contribution in [3.63, 3.8) is 0 Å². The number of nitrogens with two attached hydrogens (primary N) is 1. The quantitative estimate of drug-likeness (QED) is 0.389. The second kappa shape index (κ2) is 13.9. The normalized spacial score (nSPS) is 18.4. The van der Waals surface area contributed by atoms with E-state index in [1.807, 2.05) is 18.2 Å². The van der Waals surface area contributed by atoms with Gasteiger partial charge in [0.2, 0.25) is 11.8 Å². The van der Waals surface area contributed by atoms with Crippen LogP contribution < -0.4 is 20.7 Å². The highest BCUT2D eigenvalue weighted by Crippen LogP contribution is 2.30. The number of nitrogens with one attached hydrogen (secondary N) is 1. The van der Waals surface area contributed by atoms with Crippen LogP contribution in [0.25, 0.3) is 0 Å². The molecule has 2 aromatic carbocycles. The number of anilines is 1. The third-order valence-corrected chi connectivity index (χ3v) is 7.16. The predicted octanol–water partition coefficient (Wildman–Crippen LogP) is 5.45. The minimum absolute atomic E-state index is 0.0225. The fraction of sp³-hybridized carbons (Fsp3) is 0.533. The van der Waals surface area contributed by atoms with Gasteiger partial charge < -0.3 is 20.7 Å². The second-order valence-electron chi connectivity index (χ2n) is 10.6. The summed E-state index contributed by atoms with van der Waals surface area (Å²) in [4.78, 5) is 26.1. The average molecular weight is 494 g/mol. The monoisotopic (exact) mass is 493 g/mol. The zero-order valence-corrected chi connectivity index (χ0v) is 22.1. The van der Waals surface area contributed by atoms with Crippen LogP contribution in [0.2, 0.25) is 0 Å². The zero-order chi connectivity index (χ0) is 25.9. The van der Waals surface area contributed by atoms with Gasteiger partial charge in [0.25, 0.3) is 0 Å². The molecule has 1 aliphatic rings. The lowest BCUT2D eigenvalue weighted by Crippen LogP contribution is -2.44. The maximum absolute atomic E-state index is 12.3. The van der Waals surface area contributed by atoms with Crippen molar-refractivity contribution in [2.75, 3.05) is 11.4 Å². The summed E-state index contributed by atoms with van der Waals surface area (Å²) < 4.78 is 5.98. The van der Waals surface area contributed by atoms with Crippen molar-refractivity contribution >= 4 is 17.5 Å². The summed E-state index contributed by atoms with van der Waals surface area (Å²) in [5.41, 5.74) is 7.70. The standard InChI is InChI=1S/C30H43N3O3/c1-22(2)19-20-33(27-14-16-28(17-15-27)36-21-24-7-5-4-6-8-24)26-12-10-25(11-13-26)32-29(34)18-9-23(3)30(31)35/h4-8,14-17,22-23,25-26H,9-13,18-21H2,1-3H3,(H2,31,35)(H,32,34). The van der Waals surface area contributed by atoms with Crippen molar-refractivity contribution in [3.05, 3.63) is 60.2 Å². The van der Waals surface area contributed by atoms with E-state index in [1.54, 1.807) is 6.92 Å². The molecule has 1 atom stereocenters. The molecule has 1 saturated carbocycles. The third-order valence-electron chi connectivity index (χ3n) is 7.16. The van der Waals surface area contributed by atoms with E-state index in [0.29, 0.717) is 31.4 Å². The summed E-state index contributed by atoms with van der Waals surface area (Å²) in [6.45, 7) is 7.89. The lowest BCUT2D eigenvalue weighted by atomic mass is 9.89. The first-order valence-electron chi connectivity index (χ1n) is 13.4. The number of rotatable bonds is 13. The minimum Gasteiger partial charge on any atom is -0.489 e. The molecule has 3 rings (SSSR count). The second-order valence-corrected chi connectivity index (χ2v) is 10.6. The van der Waals surface area contributed by atoms with Crippen LogP contribution in [0.4, 0.5) is 5.69 Å². The van der Waals surface area contributed by atoms with Crippen molar-refractivity contribution in [2.24, 2.45) is 17.6 Å². The molecule has 0 spiro atoms. The molecule has 6 heteroatoms. The van der Waals surface area contributed by atoms with Crippen LogP contribution in [-0.4, -0.2) is 30.4 Å². The van der Waals surface area contributed by atoms with Gasteiger partial charge in [-0.3, -0.25) is 9.59 Å². The first-order valence-corrected chi connectivity index (χ1v) is 13.4. The highest BCUT2D eigenvalue weighted by Gasteiger charge is 2.27. The van der Waals surface area contributed by atoms with Gasteiger partial charge in [0.15, 0.2) is 0 Å². The van der Waals surface area contributed by atoms with Gasteiger partial charge in [0.1, 0.15) is 12.4 Å². The van der Waals surface area contributed by atoms with E-state index in [-0.39, 0.29) is 23.8 Å². The maximum atomic E-state index is 12.3. The number of nitrogens with zero attached hydrogens (tertiary/aromatic N) is 1. The van der Waals surface area contributed by atoms with Gasteiger partial charge in [-0.15, -0.1) is 0 Å². The van der Waals surface area contributed by atoms with Crippen LogP contribution in [0.3, 0.4) is 0 Å². The van der Waals surface area contributed by atoms with Gasteiger partial charge in [-0.2, -0.15) is 0 Å². The Morgan fingerprint density at radius 1 is 0.972 bits per heavy atom. The van der Waals surface area contributed by atoms with Gasteiger partial charge in [-0.1, -0.05) is 51.1 Å². The molecule has 36 heavy (non-hydrogen) atoms. The van der Waals surface area contributed by atoms with Crippen molar-refractivity contribution in [2.45, 2.75) is 84.4 Å². The summed E-state index contributed by atoms with van der Waals surface area (Å²) in [6.07, 6.45) is 6.03. The zero-order valence-electron chi connectivity index (χ0n) is 22.1. The van der Waals surface area contributed by atoms with Crippen molar-refractivity contribution in [3.8, 4) is 5.75 Å². The number of primary amides is 1. The molecule has 196 valence electrons. The molecule has 1 fully saturated rings. The van der Waals surface area contributed by atoms with Crippen LogP contribution in [0.5, 0.6) is 5.75 Å². The Hall–Kier alpha value is -3.02. The van der Waals surface area contributed by atoms with Crippen LogP contribution in [-0.2, 0) is 16.2 Å². The van der Waals surface area contributed by atoms with Crippen molar-refractivity contribution in [1.29, 1.82) is 0 Å². The Kier molecular flexibility index (Phi) is 10.6. The molecule has 0 saturated heterocycles. The van der Waals surface area contributed by atoms with Crippen molar-refractivity contribution in [1.82, 2.24) is 5.32 Å². The molecule has 0 aromatic heterocycles. The lowest BCUT2D eigenvalue weighted by Gasteiger charge is -2.39. The minimum atomic E-state index is -0.347. The Balaban J connectivity index is 1.53. The number of benzene rings is 2. The van der Waals surface area contributed by atoms with Gasteiger partial charge in [-0.25, -0.2) is 0 Å². The summed E-state index contributed by atoms with van der Waals surface area (Å²) in [7, 11) is 0. The molecule has 0 radical (unpaired) electrons. The molecule has 0 heterocycles. The fourth-order valence-electron chi connectivity index (χ4n) is 4.72. The molecule has 2 amide bonds. The predicted molar refractivity (Wildman–Crippen MR) is 146 cm³/mol. The Bertz CT molecular complexity index is 938. The SMILES string of the molecule is CC(C)CCN(c1ccc(OCc2ccccc2)cc1)C1CCC(NC(=O)CCC(C)C(N)=O)CC1. The van der Waals surface area contributed by atoms with Gasteiger partial charge in [0, 0.05) is 36.7 Å². The highest BCUT2D eigenvalue weighted by atomic mass is 16.5. The average Bonchev–Trinajstić information content (AvgIpc) is 2.88. The van der Waals surface area contributed by atoms with Gasteiger partial charge in [0.05, 0.1) is 0 Å². The van der Waals surface area contributed by atoms with Crippen LogP contribution >= 0.6 is 0 Å². The number of carbonyl (C=O) groups is 2. The fourth-order valence-corrected chi connectivity index (χ4v) is 4.72. The van der Waals surface area contributed by atoms with Crippen LogP contribution in [0, 0.1) is 11.8 Å². The van der Waals surface area contributed by atoms with E-state index in [1.165, 1.54) is 5.69 Å². The summed E-state index contributed by atoms with van der Waals surface area (Å²) in [6, 6.07) is 19.4. The van der Waals surface area contributed by atoms with Gasteiger partial charge in [-0.05, 0) is 74.3 Å². The van der Waals surface area contributed by atoms with E-state index in [2.05, 4.69) is 60.5 Å². The molecule has 1 unspecified atom stereocenters. The number of hydrogen-bond donors (Lipinski definition) is 2. The number of ether oxygens (including phenoxy) is 1. The van der Waals surface area contributed by atoms with Crippen LogP contribution in [0.15, 0.2) is 54.6 Å². The molecule has 6 nitrogen and oxygen atoms in total. The first-order chi connectivity index (χ1) is 17.3. The molecule has 1 aliphatic carbocycles. The number of amides is 2. The van der Waals surface area contributed by atoms with E-state index >= 15 is 0 Å². The molecule has 2 aromatic rings. The van der Waals surface area contributed by atoms with E-state index in [9.17, 15) is 9.59 Å². The van der Waals surface area contributed by atoms with Crippen LogP contribution in [0.1, 0.15) is 71.3 Å². The molecule has 0 aliphatic heterocycles. The Labute approximate surface area is 216 Å². The van der Waals surface area contributed by atoms with E-state index in [0.717, 1.165) is 50.0 Å². The van der Waals surface area contributed by atoms with E-state index in [4.69, 9.17) is 10.5 Å². The Morgan fingerprint density at radius 3 is 2.25 bits per heavy atom. The lowest BCUT2D eigenvalue weighted by molar-refractivity contribution is -0.123. The molecular formula is C30H43N3O3. The first kappa shape index (κ1) is 27.6. The summed E-state index contributed by atoms with van der Waals surface area (Å²) >= 11 is 0.